The highest BCUT2D eigenvalue weighted by Gasteiger charge is 2.53. The lowest BCUT2D eigenvalue weighted by molar-refractivity contribution is 0.436. The topological polar surface area (TPSA) is 92.5 Å². The van der Waals surface area contributed by atoms with E-state index in [1.807, 2.05) is 97.3 Å². The molecule has 0 fully saturated rings. The van der Waals surface area contributed by atoms with Crippen LogP contribution in [0.1, 0.15) is 33.4 Å². The van der Waals surface area contributed by atoms with Crippen LogP contribution in [0.2, 0.25) is 0 Å². The van der Waals surface area contributed by atoms with Gasteiger partial charge in [-0.3, -0.25) is 9.97 Å². The summed E-state index contributed by atoms with van der Waals surface area (Å²) in [6.07, 6.45) is 3.89. The molecule has 0 atom stereocenters. The number of para-hydroxylation sites is 4. The summed E-state index contributed by atoms with van der Waals surface area (Å²) in [5.41, 5.74) is 12.0. The molecule has 0 N–H and O–H groups in total. The highest BCUT2D eigenvalue weighted by atomic mass is 16.5. The molecule has 12 rings (SSSR count). The third-order valence-electron chi connectivity index (χ3n) is 11.7. The van der Waals surface area contributed by atoms with Gasteiger partial charge in [0.1, 0.15) is 11.5 Å². The molecule has 1 aliphatic heterocycles. The van der Waals surface area contributed by atoms with Crippen LogP contribution in [0.15, 0.2) is 158 Å². The first kappa shape index (κ1) is 30.5. The molecule has 2 aliphatic rings. The molecule has 56 heavy (non-hydrogen) atoms. The quantitative estimate of drug-likeness (QED) is 0.178. The van der Waals surface area contributed by atoms with Crippen LogP contribution in [0.25, 0.3) is 66.4 Å². The second-order valence-corrected chi connectivity index (χ2v) is 14.4. The predicted octanol–water partition coefficient (Wildman–Crippen LogP) is 10.9. The van der Waals surface area contributed by atoms with E-state index in [4.69, 9.17) is 14.7 Å². The lowest BCUT2D eigenvalue weighted by Gasteiger charge is -2.39. The van der Waals surface area contributed by atoms with Gasteiger partial charge in [0.05, 0.1) is 85.9 Å². The SMILES string of the molecule is N#Cc1ccc2c(c1)c1ccccc1n2-c1cnc2c(c1)C1(c3ccccc3Oc3ccccc31)c1cc(-n3c4ccccc4c4cc(C#N)ccc43)cnc1-2. The van der Waals surface area contributed by atoms with Crippen LogP contribution < -0.4 is 4.74 Å². The largest absolute Gasteiger partial charge is 0.457 e. The minimum atomic E-state index is -0.832. The number of nitriles is 2. The Hall–Kier alpha value is -8.00. The molecule has 10 aromatic rings. The van der Waals surface area contributed by atoms with E-state index < -0.39 is 5.41 Å². The van der Waals surface area contributed by atoms with Gasteiger partial charge in [-0.1, -0.05) is 72.8 Å². The standard InChI is InChI=1S/C49H26N6O/c50-25-29-17-19-43-35(21-29)33-9-1-5-13-41(33)54(43)31-23-39-47(52-27-31)48-40(49(39)37-11-3-7-15-45(37)56-46-16-8-4-12-38(46)49)24-32(28-53-48)55-42-14-6-2-10-34(42)36-22-30(26-51)18-20-44(36)55/h1-24,27-28H. The van der Waals surface area contributed by atoms with Crippen molar-refractivity contribution in [1.82, 2.24) is 19.1 Å². The van der Waals surface area contributed by atoms with Gasteiger partial charge in [-0.25, -0.2) is 0 Å². The lowest BCUT2D eigenvalue weighted by atomic mass is 9.66. The normalized spacial score (nSPS) is 13.2. The van der Waals surface area contributed by atoms with E-state index >= 15 is 0 Å². The molecule has 0 saturated heterocycles. The van der Waals surface area contributed by atoms with Crippen molar-refractivity contribution in [1.29, 1.82) is 10.5 Å². The van der Waals surface area contributed by atoms with Crippen molar-refractivity contribution in [2.24, 2.45) is 0 Å². The van der Waals surface area contributed by atoms with E-state index in [0.29, 0.717) is 11.1 Å². The summed E-state index contributed by atoms with van der Waals surface area (Å²) in [5.74, 6) is 1.56. The van der Waals surface area contributed by atoms with Gasteiger partial charge in [0.2, 0.25) is 0 Å². The number of fused-ring (bicyclic) bond motifs is 15. The van der Waals surface area contributed by atoms with Gasteiger partial charge < -0.3 is 13.9 Å². The third kappa shape index (κ3) is 3.83. The molecule has 6 aromatic carbocycles. The molecular weight excluding hydrogens is 689 g/mol. The molecule has 7 nitrogen and oxygen atoms in total. The van der Waals surface area contributed by atoms with Gasteiger partial charge in [0.15, 0.2) is 0 Å². The van der Waals surface area contributed by atoms with E-state index in [-0.39, 0.29) is 0 Å². The second kappa shape index (κ2) is 11.0. The zero-order valence-corrected chi connectivity index (χ0v) is 29.6. The van der Waals surface area contributed by atoms with Crippen molar-refractivity contribution < 1.29 is 4.74 Å². The number of nitrogens with zero attached hydrogens (tertiary/aromatic N) is 6. The van der Waals surface area contributed by atoms with Gasteiger partial charge in [-0.05, 0) is 72.8 Å². The van der Waals surface area contributed by atoms with Crippen LogP contribution in [-0.2, 0) is 5.41 Å². The minimum Gasteiger partial charge on any atom is -0.457 e. The summed E-state index contributed by atoms with van der Waals surface area (Å²) in [6, 6.07) is 54.2. The van der Waals surface area contributed by atoms with Gasteiger partial charge in [0, 0.05) is 43.8 Å². The molecule has 7 heteroatoms. The molecule has 258 valence electrons. The van der Waals surface area contributed by atoms with Crippen molar-refractivity contribution in [3.05, 3.63) is 191 Å². The summed E-state index contributed by atoms with van der Waals surface area (Å²) in [4.78, 5) is 10.6. The average molecular weight is 715 g/mol. The number of ether oxygens (including phenoxy) is 1. The van der Waals surface area contributed by atoms with E-state index in [1.165, 1.54) is 0 Å². The summed E-state index contributed by atoms with van der Waals surface area (Å²) < 4.78 is 11.2. The first-order valence-electron chi connectivity index (χ1n) is 18.4. The minimum absolute atomic E-state index is 0.618. The van der Waals surface area contributed by atoms with E-state index in [2.05, 4.69) is 81.9 Å². The number of hydrogen-bond acceptors (Lipinski definition) is 5. The van der Waals surface area contributed by atoms with Crippen LogP contribution >= 0.6 is 0 Å². The second-order valence-electron chi connectivity index (χ2n) is 14.4. The molecule has 0 unspecified atom stereocenters. The van der Waals surface area contributed by atoms with Gasteiger partial charge in [-0.2, -0.15) is 10.5 Å². The van der Waals surface area contributed by atoms with E-state index in [9.17, 15) is 10.5 Å². The molecule has 0 amide bonds. The Labute approximate surface area is 320 Å². The zero-order valence-electron chi connectivity index (χ0n) is 29.6. The lowest BCUT2D eigenvalue weighted by Crippen LogP contribution is -2.32. The van der Waals surface area contributed by atoms with Crippen molar-refractivity contribution in [3.63, 3.8) is 0 Å². The van der Waals surface area contributed by atoms with E-state index in [0.717, 1.165) is 100 Å². The maximum atomic E-state index is 9.79. The number of rotatable bonds is 2. The third-order valence-corrected chi connectivity index (χ3v) is 11.7. The van der Waals surface area contributed by atoms with Crippen LogP contribution in [0.5, 0.6) is 11.5 Å². The van der Waals surface area contributed by atoms with Crippen molar-refractivity contribution in [2.75, 3.05) is 0 Å². The number of pyridine rings is 2. The van der Waals surface area contributed by atoms with Crippen molar-refractivity contribution >= 4 is 43.6 Å². The fourth-order valence-corrected chi connectivity index (χ4v) is 9.46. The van der Waals surface area contributed by atoms with Crippen molar-refractivity contribution in [3.8, 4) is 46.4 Å². The molecule has 0 saturated carbocycles. The van der Waals surface area contributed by atoms with E-state index in [1.54, 1.807) is 0 Å². The first-order valence-corrected chi connectivity index (χ1v) is 18.4. The summed E-state index contributed by atoms with van der Waals surface area (Å²) in [5, 5.41) is 23.8. The Kier molecular flexibility index (Phi) is 5.99. The smallest absolute Gasteiger partial charge is 0.132 e. The maximum absolute atomic E-state index is 9.79. The average Bonchev–Trinajstić information content (AvgIpc) is 3.87. The van der Waals surface area contributed by atoms with Crippen LogP contribution in [0.3, 0.4) is 0 Å². The Morgan fingerprint density at radius 2 is 0.875 bits per heavy atom. The Bertz CT molecular complexity index is 3220. The fraction of sp³-hybridized carbons (Fsp3) is 0.0204. The summed E-state index contributed by atoms with van der Waals surface area (Å²) >= 11 is 0. The monoisotopic (exact) mass is 714 g/mol. The van der Waals surface area contributed by atoms with Gasteiger partial charge in [0.25, 0.3) is 0 Å². The highest BCUT2D eigenvalue weighted by Crippen LogP contribution is 2.61. The van der Waals surface area contributed by atoms with Crippen LogP contribution in [0, 0.1) is 22.7 Å². The Morgan fingerprint density at radius 1 is 0.446 bits per heavy atom. The molecular formula is C49H26N6O. The van der Waals surface area contributed by atoms with Crippen LogP contribution in [0.4, 0.5) is 0 Å². The highest BCUT2D eigenvalue weighted by molar-refractivity contribution is 6.11. The molecule has 0 radical (unpaired) electrons. The summed E-state index contributed by atoms with van der Waals surface area (Å²) in [7, 11) is 0. The van der Waals surface area contributed by atoms with Gasteiger partial charge in [-0.15, -0.1) is 0 Å². The molecule has 5 heterocycles. The first-order chi connectivity index (χ1) is 27.7. The number of aromatic nitrogens is 4. The predicted molar refractivity (Wildman–Crippen MR) is 218 cm³/mol. The molecule has 1 spiro atoms. The fourth-order valence-electron chi connectivity index (χ4n) is 9.46. The number of benzene rings is 6. The maximum Gasteiger partial charge on any atom is 0.132 e. The molecule has 4 aromatic heterocycles. The molecule has 0 bridgehead atoms. The Morgan fingerprint density at radius 3 is 1.36 bits per heavy atom. The summed E-state index contributed by atoms with van der Waals surface area (Å²) in [6.45, 7) is 0. The van der Waals surface area contributed by atoms with Crippen molar-refractivity contribution in [2.45, 2.75) is 5.41 Å². The molecule has 1 aliphatic carbocycles. The number of hydrogen-bond donors (Lipinski definition) is 0. The van der Waals surface area contributed by atoms with Gasteiger partial charge >= 0.3 is 0 Å². The Balaban J connectivity index is 1.19. The van der Waals surface area contributed by atoms with Crippen LogP contribution in [-0.4, -0.2) is 19.1 Å². The zero-order chi connectivity index (χ0) is 37.1.